The average molecular weight is 284 g/mol. The quantitative estimate of drug-likeness (QED) is 0.832. The van der Waals surface area contributed by atoms with Crippen molar-refractivity contribution in [3.8, 4) is 0 Å². The number of carbonyl (C=O) groups excluding carboxylic acids is 2. The molecule has 4 rings (SSSR count). The summed E-state index contributed by atoms with van der Waals surface area (Å²) < 4.78 is 0. The fourth-order valence-corrected chi connectivity index (χ4v) is 3.81. The molecular weight excluding hydrogens is 264 g/mol. The molecule has 1 aromatic carbocycles. The van der Waals surface area contributed by atoms with Gasteiger partial charge in [-0.2, -0.15) is 0 Å². The lowest BCUT2D eigenvalue weighted by atomic mass is 9.81. The molecule has 1 aromatic rings. The Bertz CT molecular complexity index is 623. The molecule has 4 heteroatoms. The first-order valence-electron chi connectivity index (χ1n) is 7.79. The third-order valence-corrected chi connectivity index (χ3v) is 5.22. The van der Waals surface area contributed by atoms with E-state index in [9.17, 15) is 9.59 Å². The van der Waals surface area contributed by atoms with Crippen molar-refractivity contribution < 1.29 is 9.59 Å². The highest BCUT2D eigenvalue weighted by molar-refractivity contribution is 6.09. The van der Waals surface area contributed by atoms with Gasteiger partial charge in [-0.25, -0.2) is 0 Å². The van der Waals surface area contributed by atoms with E-state index in [1.807, 2.05) is 21.9 Å². The molecule has 2 amide bonds. The number of hydrogen-bond acceptors (Lipinski definition) is 2. The van der Waals surface area contributed by atoms with Gasteiger partial charge in [-0.15, -0.1) is 0 Å². The molecular formula is C17H20N2O2. The minimum Gasteiger partial charge on any atom is -0.341 e. The van der Waals surface area contributed by atoms with E-state index in [4.69, 9.17) is 0 Å². The second-order valence-electron chi connectivity index (χ2n) is 6.65. The van der Waals surface area contributed by atoms with Gasteiger partial charge in [0.2, 0.25) is 11.8 Å². The van der Waals surface area contributed by atoms with Crippen molar-refractivity contribution in [3.05, 3.63) is 29.8 Å². The van der Waals surface area contributed by atoms with Gasteiger partial charge < -0.3 is 9.80 Å². The van der Waals surface area contributed by atoms with Crippen molar-refractivity contribution in [1.29, 1.82) is 0 Å². The SMILES string of the molecule is CC(=O)N1CC[C@]2(C1)C(=O)N(CC1CC1)c1ccccc12. The van der Waals surface area contributed by atoms with Gasteiger partial charge in [0.1, 0.15) is 0 Å². The number of rotatable bonds is 2. The third-order valence-electron chi connectivity index (χ3n) is 5.22. The summed E-state index contributed by atoms with van der Waals surface area (Å²) >= 11 is 0. The van der Waals surface area contributed by atoms with E-state index >= 15 is 0 Å². The number of benzene rings is 1. The highest BCUT2D eigenvalue weighted by atomic mass is 16.2. The number of nitrogens with zero attached hydrogens (tertiary/aromatic N) is 2. The number of amides is 2. The molecule has 21 heavy (non-hydrogen) atoms. The Kier molecular flexibility index (Phi) is 2.65. The van der Waals surface area contributed by atoms with Crippen LogP contribution in [0.4, 0.5) is 5.69 Å². The van der Waals surface area contributed by atoms with Gasteiger partial charge in [0.05, 0.1) is 5.41 Å². The number of carbonyl (C=O) groups is 2. The lowest BCUT2D eigenvalue weighted by molar-refractivity contribution is -0.128. The van der Waals surface area contributed by atoms with Crippen LogP contribution in [0.2, 0.25) is 0 Å². The van der Waals surface area contributed by atoms with Crippen LogP contribution >= 0.6 is 0 Å². The van der Waals surface area contributed by atoms with Crippen LogP contribution in [-0.4, -0.2) is 36.3 Å². The summed E-state index contributed by atoms with van der Waals surface area (Å²) in [5.74, 6) is 0.944. The van der Waals surface area contributed by atoms with Crippen LogP contribution in [0.15, 0.2) is 24.3 Å². The Hall–Kier alpha value is -1.84. The van der Waals surface area contributed by atoms with E-state index in [1.54, 1.807) is 6.92 Å². The van der Waals surface area contributed by atoms with E-state index in [0.29, 0.717) is 19.0 Å². The van der Waals surface area contributed by atoms with E-state index < -0.39 is 5.41 Å². The fraction of sp³-hybridized carbons (Fsp3) is 0.529. The summed E-state index contributed by atoms with van der Waals surface area (Å²) in [6.45, 7) is 3.66. The molecule has 110 valence electrons. The molecule has 2 aliphatic heterocycles. The van der Waals surface area contributed by atoms with Crippen LogP contribution in [0.5, 0.6) is 0 Å². The number of para-hydroxylation sites is 1. The molecule has 1 saturated carbocycles. The molecule has 0 unspecified atom stereocenters. The molecule has 0 bridgehead atoms. The first-order valence-corrected chi connectivity index (χ1v) is 7.79. The standard InChI is InChI=1S/C17H20N2O2/c1-12(20)18-9-8-17(11-18)14-4-2-3-5-15(14)19(16(17)21)10-13-6-7-13/h2-5,13H,6-11H2,1H3/t17-/m1/s1. The molecule has 1 atom stereocenters. The van der Waals surface area contributed by atoms with Gasteiger partial charge in [0.15, 0.2) is 0 Å². The maximum Gasteiger partial charge on any atom is 0.239 e. The summed E-state index contributed by atoms with van der Waals surface area (Å²) in [4.78, 5) is 28.6. The highest BCUT2D eigenvalue weighted by Gasteiger charge is 2.55. The number of hydrogen-bond donors (Lipinski definition) is 0. The normalized spacial score (nSPS) is 27.6. The Balaban J connectivity index is 1.74. The van der Waals surface area contributed by atoms with Gasteiger partial charge in [-0.05, 0) is 36.8 Å². The summed E-state index contributed by atoms with van der Waals surface area (Å²) in [6.07, 6.45) is 3.22. The summed E-state index contributed by atoms with van der Waals surface area (Å²) in [5.41, 5.74) is 1.70. The van der Waals surface area contributed by atoms with Crippen molar-refractivity contribution in [2.24, 2.45) is 5.92 Å². The number of likely N-dealkylation sites (tertiary alicyclic amines) is 1. The molecule has 0 N–H and O–H groups in total. The van der Waals surface area contributed by atoms with Crippen LogP contribution in [0.1, 0.15) is 31.7 Å². The van der Waals surface area contributed by atoms with Gasteiger partial charge in [0.25, 0.3) is 0 Å². The molecule has 1 saturated heterocycles. The molecule has 0 radical (unpaired) electrons. The van der Waals surface area contributed by atoms with Crippen molar-refractivity contribution in [1.82, 2.24) is 4.90 Å². The molecule has 4 nitrogen and oxygen atoms in total. The topological polar surface area (TPSA) is 40.6 Å². The van der Waals surface area contributed by atoms with Gasteiger partial charge in [-0.3, -0.25) is 9.59 Å². The highest BCUT2D eigenvalue weighted by Crippen LogP contribution is 2.48. The first kappa shape index (κ1) is 12.9. The second-order valence-corrected chi connectivity index (χ2v) is 6.65. The molecule has 0 aromatic heterocycles. The fourth-order valence-electron chi connectivity index (χ4n) is 3.81. The smallest absolute Gasteiger partial charge is 0.239 e. The van der Waals surface area contributed by atoms with Crippen LogP contribution < -0.4 is 4.90 Å². The van der Waals surface area contributed by atoms with Crippen LogP contribution in [0.3, 0.4) is 0 Å². The average Bonchev–Trinajstić information content (AvgIpc) is 3.14. The third kappa shape index (κ3) is 1.81. The van der Waals surface area contributed by atoms with E-state index in [-0.39, 0.29) is 11.8 Å². The number of fused-ring (bicyclic) bond motifs is 2. The monoisotopic (exact) mass is 284 g/mol. The van der Waals surface area contributed by atoms with Crippen molar-refractivity contribution in [2.75, 3.05) is 24.5 Å². The van der Waals surface area contributed by atoms with Crippen molar-refractivity contribution in [3.63, 3.8) is 0 Å². The zero-order valence-corrected chi connectivity index (χ0v) is 12.3. The summed E-state index contributed by atoms with van der Waals surface area (Å²) in [7, 11) is 0. The summed E-state index contributed by atoms with van der Waals surface area (Å²) in [5, 5.41) is 0. The molecule has 1 aliphatic carbocycles. The van der Waals surface area contributed by atoms with E-state index in [0.717, 1.165) is 24.2 Å². The lowest BCUT2D eigenvalue weighted by Gasteiger charge is -2.24. The van der Waals surface area contributed by atoms with Crippen LogP contribution in [-0.2, 0) is 15.0 Å². The predicted molar refractivity (Wildman–Crippen MR) is 80.1 cm³/mol. The van der Waals surface area contributed by atoms with Gasteiger partial charge in [0, 0.05) is 32.2 Å². The molecule has 2 fully saturated rings. The minimum absolute atomic E-state index is 0.0674. The minimum atomic E-state index is -0.489. The zero-order chi connectivity index (χ0) is 14.6. The van der Waals surface area contributed by atoms with Gasteiger partial charge >= 0.3 is 0 Å². The molecule has 1 spiro atoms. The number of anilines is 1. The summed E-state index contributed by atoms with van der Waals surface area (Å²) in [6, 6.07) is 8.14. The lowest BCUT2D eigenvalue weighted by Crippen LogP contribution is -2.43. The largest absolute Gasteiger partial charge is 0.341 e. The molecule has 3 aliphatic rings. The first-order chi connectivity index (χ1) is 10.1. The van der Waals surface area contributed by atoms with Gasteiger partial charge in [-0.1, -0.05) is 18.2 Å². The Labute approximate surface area is 124 Å². The Morgan fingerprint density at radius 3 is 2.76 bits per heavy atom. The van der Waals surface area contributed by atoms with E-state index in [1.165, 1.54) is 12.8 Å². The van der Waals surface area contributed by atoms with Crippen LogP contribution in [0.25, 0.3) is 0 Å². The van der Waals surface area contributed by atoms with Crippen molar-refractivity contribution in [2.45, 2.75) is 31.6 Å². The van der Waals surface area contributed by atoms with Crippen molar-refractivity contribution >= 4 is 17.5 Å². The predicted octanol–water partition coefficient (Wildman–Crippen LogP) is 1.93. The second kappa shape index (κ2) is 4.33. The van der Waals surface area contributed by atoms with Crippen LogP contribution in [0, 0.1) is 5.92 Å². The Morgan fingerprint density at radius 2 is 2.10 bits per heavy atom. The van der Waals surface area contributed by atoms with E-state index in [2.05, 4.69) is 12.1 Å². The zero-order valence-electron chi connectivity index (χ0n) is 12.3. The molecule has 2 heterocycles. The maximum absolute atomic E-state index is 13.1. The Morgan fingerprint density at radius 1 is 1.33 bits per heavy atom. The maximum atomic E-state index is 13.1.